The van der Waals surface area contributed by atoms with E-state index in [-0.39, 0.29) is 12.0 Å². The van der Waals surface area contributed by atoms with Crippen molar-refractivity contribution in [2.24, 2.45) is 5.73 Å². The normalized spacial score (nSPS) is 12.2. The fraction of sp³-hybridized carbons (Fsp3) is 0.705. The van der Waals surface area contributed by atoms with Crippen LogP contribution in [0, 0.1) is 0 Å². The van der Waals surface area contributed by atoms with Crippen molar-refractivity contribution in [2.75, 3.05) is 199 Å². The second-order valence-electron chi connectivity index (χ2n) is 13.5. The third-order valence-corrected chi connectivity index (χ3v) is 8.95. The second-order valence-corrected chi connectivity index (χ2v) is 13.5. The molecule has 2 aromatic carbocycles. The number of hydrogen-bond acceptors (Lipinski definition) is 16. The van der Waals surface area contributed by atoms with Gasteiger partial charge in [0.25, 0.3) is 0 Å². The molecule has 1 amide bonds. The number of nitrogens with two attached hydrogens (primary N) is 1. The Labute approximate surface area is 362 Å². The highest BCUT2D eigenvalue weighted by molar-refractivity contribution is 5.79. The SMILES string of the molecule is CN(CCOCCOCCOCCOCCOCCOCCOCCOCCOCCOCCOCCOCCOCCN)C(=O)OCC1c2ccccc2-c2ccccc21. The molecule has 0 fully saturated rings. The molecule has 3 rings (SSSR count). The van der Waals surface area contributed by atoms with Crippen molar-refractivity contribution >= 4 is 6.09 Å². The van der Waals surface area contributed by atoms with E-state index in [9.17, 15) is 4.79 Å². The molecule has 0 heterocycles. The Morgan fingerprint density at radius 2 is 0.689 bits per heavy atom. The first kappa shape index (κ1) is 52.5. The van der Waals surface area contributed by atoms with Gasteiger partial charge in [0, 0.05) is 26.1 Å². The third kappa shape index (κ3) is 25.8. The molecule has 0 aliphatic heterocycles. The van der Waals surface area contributed by atoms with Crippen LogP contribution in [0.15, 0.2) is 48.5 Å². The van der Waals surface area contributed by atoms with Crippen molar-refractivity contribution in [2.45, 2.75) is 5.92 Å². The minimum absolute atomic E-state index is 0.0353. The largest absolute Gasteiger partial charge is 0.448 e. The Bertz CT molecular complexity index is 1280. The van der Waals surface area contributed by atoms with Crippen LogP contribution in [0.1, 0.15) is 17.0 Å². The highest BCUT2D eigenvalue weighted by Crippen LogP contribution is 2.44. The molecule has 0 atom stereocenters. The van der Waals surface area contributed by atoms with Gasteiger partial charge in [-0.25, -0.2) is 4.79 Å². The zero-order chi connectivity index (χ0) is 43.1. The standard InChI is InChI=1S/C44H72N2O15/c1-46(44(47)61-38-43-41-8-4-2-6-39(41)40-7-3-5-9-42(40)43)11-13-49-15-17-51-19-21-53-23-25-55-27-29-57-31-33-59-35-37-60-36-34-58-32-30-56-28-26-54-24-22-52-20-18-50-16-14-48-12-10-45/h2-9,43H,10-38,45H2,1H3. The van der Waals surface area contributed by atoms with Crippen LogP contribution < -0.4 is 5.73 Å². The summed E-state index contributed by atoms with van der Waals surface area (Å²) in [5, 5.41) is 0. The van der Waals surface area contributed by atoms with Gasteiger partial charge >= 0.3 is 6.09 Å². The van der Waals surface area contributed by atoms with Crippen molar-refractivity contribution in [3.8, 4) is 11.1 Å². The number of likely N-dealkylation sites (N-methyl/N-ethyl adjacent to an activating group) is 1. The number of ether oxygens (including phenoxy) is 14. The average molecular weight is 869 g/mol. The van der Waals surface area contributed by atoms with Gasteiger partial charge in [0.2, 0.25) is 0 Å². The summed E-state index contributed by atoms with van der Waals surface area (Å²) in [6.07, 6.45) is -0.367. The summed E-state index contributed by atoms with van der Waals surface area (Å²) in [5.74, 6) is 0.0353. The monoisotopic (exact) mass is 868 g/mol. The molecule has 1 aliphatic rings. The zero-order valence-electron chi connectivity index (χ0n) is 36.4. The van der Waals surface area contributed by atoms with Crippen molar-refractivity contribution in [1.29, 1.82) is 0 Å². The zero-order valence-corrected chi connectivity index (χ0v) is 36.4. The van der Waals surface area contributed by atoms with E-state index in [0.717, 1.165) is 0 Å². The number of carbonyl (C=O) groups excluding carboxylic acids is 1. The van der Waals surface area contributed by atoms with Crippen LogP contribution in [-0.2, 0) is 66.3 Å². The van der Waals surface area contributed by atoms with Gasteiger partial charge in [0.1, 0.15) is 6.61 Å². The van der Waals surface area contributed by atoms with Gasteiger partial charge in [-0.15, -0.1) is 0 Å². The molecule has 61 heavy (non-hydrogen) atoms. The average Bonchev–Trinajstić information content (AvgIpc) is 3.60. The summed E-state index contributed by atoms with van der Waals surface area (Å²) in [6, 6.07) is 16.6. The number of rotatable bonds is 43. The van der Waals surface area contributed by atoms with Gasteiger partial charge in [-0.1, -0.05) is 48.5 Å². The lowest BCUT2D eigenvalue weighted by Crippen LogP contribution is -2.32. The number of hydrogen-bond donors (Lipinski definition) is 1. The molecule has 2 N–H and O–H groups in total. The molecule has 17 nitrogen and oxygen atoms in total. The van der Waals surface area contributed by atoms with Gasteiger partial charge in [0.15, 0.2) is 0 Å². The maximum absolute atomic E-state index is 12.6. The van der Waals surface area contributed by atoms with Crippen LogP contribution >= 0.6 is 0 Å². The Morgan fingerprint density at radius 1 is 0.426 bits per heavy atom. The summed E-state index contributed by atoms with van der Waals surface area (Å²) >= 11 is 0. The van der Waals surface area contributed by atoms with E-state index in [4.69, 9.17) is 72.0 Å². The molecular formula is C44H72N2O15. The minimum Gasteiger partial charge on any atom is -0.448 e. The summed E-state index contributed by atoms with van der Waals surface area (Å²) in [6.45, 7) is 14.0. The van der Waals surface area contributed by atoms with Crippen LogP contribution in [-0.4, -0.2) is 210 Å². The van der Waals surface area contributed by atoms with E-state index in [0.29, 0.717) is 191 Å². The summed E-state index contributed by atoms with van der Waals surface area (Å²) in [5.41, 5.74) is 10.1. The summed E-state index contributed by atoms with van der Waals surface area (Å²) in [4.78, 5) is 14.2. The quantitative estimate of drug-likeness (QED) is 0.0963. The van der Waals surface area contributed by atoms with Crippen LogP contribution in [0.4, 0.5) is 4.79 Å². The smallest absolute Gasteiger partial charge is 0.409 e. The molecular weight excluding hydrogens is 796 g/mol. The fourth-order valence-electron chi connectivity index (χ4n) is 5.82. The van der Waals surface area contributed by atoms with Gasteiger partial charge in [0.05, 0.1) is 172 Å². The lowest BCUT2D eigenvalue weighted by Gasteiger charge is -2.19. The first-order valence-electron chi connectivity index (χ1n) is 21.5. The van der Waals surface area contributed by atoms with E-state index in [1.54, 1.807) is 7.05 Å². The summed E-state index contributed by atoms with van der Waals surface area (Å²) in [7, 11) is 1.71. The number of carbonyl (C=O) groups is 1. The highest BCUT2D eigenvalue weighted by atomic mass is 16.6. The van der Waals surface area contributed by atoms with E-state index in [1.165, 1.54) is 27.2 Å². The molecule has 0 bridgehead atoms. The number of benzene rings is 2. The molecule has 0 spiro atoms. The van der Waals surface area contributed by atoms with Gasteiger partial charge in [-0.05, 0) is 22.3 Å². The van der Waals surface area contributed by atoms with Crippen molar-refractivity contribution in [1.82, 2.24) is 4.90 Å². The van der Waals surface area contributed by atoms with E-state index < -0.39 is 0 Å². The fourth-order valence-corrected chi connectivity index (χ4v) is 5.82. The lowest BCUT2D eigenvalue weighted by molar-refractivity contribution is -0.0290. The number of fused-ring (bicyclic) bond motifs is 3. The maximum atomic E-state index is 12.6. The Kier molecular flexibility index (Phi) is 32.4. The molecule has 348 valence electrons. The predicted molar refractivity (Wildman–Crippen MR) is 227 cm³/mol. The topological polar surface area (TPSA) is 176 Å². The maximum Gasteiger partial charge on any atom is 0.409 e. The summed E-state index contributed by atoms with van der Waals surface area (Å²) < 4.78 is 76.9. The molecule has 17 heteroatoms. The molecule has 0 saturated carbocycles. The van der Waals surface area contributed by atoms with E-state index in [1.807, 2.05) is 24.3 Å². The third-order valence-electron chi connectivity index (χ3n) is 8.95. The Balaban J connectivity index is 0.935. The Morgan fingerprint density at radius 3 is 0.984 bits per heavy atom. The molecule has 0 saturated heterocycles. The molecule has 0 radical (unpaired) electrons. The molecule has 0 aromatic heterocycles. The van der Waals surface area contributed by atoms with Crippen molar-refractivity contribution < 1.29 is 71.1 Å². The lowest BCUT2D eigenvalue weighted by atomic mass is 9.98. The molecule has 2 aromatic rings. The minimum atomic E-state index is -0.367. The Hall–Kier alpha value is -2.85. The van der Waals surface area contributed by atoms with Gasteiger partial charge < -0.3 is 76.9 Å². The van der Waals surface area contributed by atoms with Gasteiger partial charge in [-0.2, -0.15) is 0 Å². The number of nitrogens with zero attached hydrogens (tertiary/aromatic N) is 1. The van der Waals surface area contributed by atoms with Crippen LogP contribution in [0.3, 0.4) is 0 Å². The molecule has 1 aliphatic carbocycles. The number of amides is 1. The molecule has 0 unspecified atom stereocenters. The van der Waals surface area contributed by atoms with E-state index >= 15 is 0 Å². The highest BCUT2D eigenvalue weighted by Gasteiger charge is 2.29. The van der Waals surface area contributed by atoms with Crippen molar-refractivity contribution in [3.63, 3.8) is 0 Å². The first-order chi connectivity index (χ1) is 30.2. The van der Waals surface area contributed by atoms with Crippen molar-refractivity contribution in [3.05, 3.63) is 59.7 Å². The second kappa shape index (κ2) is 37.7. The van der Waals surface area contributed by atoms with Gasteiger partial charge in [-0.3, -0.25) is 0 Å². The van der Waals surface area contributed by atoms with Crippen LogP contribution in [0.5, 0.6) is 0 Å². The van der Waals surface area contributed by atoms with Crippen LogP contribution in [0.25, 0.3) is 11.1 Å². The van der Waals surface area contributed by atoms with E-state index in [2.05, 4.69) is 24.3 Å². The first-order valence-corrected chi connectivity index (χ1v) is 21.5. The van der Waals surface area contributed by atoms with Crippen LogP contribution in [0.2, 0.25) is 0 Å². The predicted octanol–water partition coefficient (Wildman–Crippen LogP) is 3.04.